The predicted octanol–water partition coefficient (Wildman–Crippen LogP) is 2.55. The van der Waals surface area contributed by atoms with Gasteiger partial charge in [0.1, 0.15) is 0 Å². The van der Waals surface area contributed by atoms with Crippen molar-refractivity contribution in [3.63, 3.8) is 0 Å². The number of nitrogens with zero attached hydrogens (tertiary/aromatic N) is 3. The molecule has 5 nitrogen and oxygen atoms in total. The number of hydrogen-bond acceptors (Lipinski definition) is 3. The third kappa shape index (κ3) is 7.89. The van der Waals surface area contributed by atoms with Crippen molar-refractivity contribution in [1.82, 2.24) is 20.4 Å². The first kappa shape index (κ1) is 20.2. The molecule has 1 aromatic rings. The summed E-state index contributed by atoms with van der Waals surface area (Å²) in [5.41, 5.74) is 1.43. The van der Waals surface area contributed by atoms with Gasteiger partial charge in [0.05, 0.1) is 0 Å². The molecule has 3 rings (SSSR count). The summed E-state index contributed by atoms with van der Waals surface area (Å²) in [5, 5.41) is 6.84. The molecular formula is C22H37N5. The predicted molar refractivity (Wildman–Crippen MR) is 114 cm³/mol. The maximum Gasteiger partial charge on any atom is 0.191 e. The highest BCUT2D eigenvalue weighted by Gasteiger charge is 2.20. The first-order valence-electron chi connectivity index (χ1n) is 10.8. The zero-order valence-electron chi connectivity index (χ0n) is 17.0. The summed E-state index contributed by atoms with van der Waals surface area (Å²) in [7, 11) is 0. The first-order chi connectivity index (χ1) is 13.3. The summed E-state index contributed by atoms with van der Waals surface area (Å²) in [4.78, 5) is 9.88. The van der Waals surface area contributed by atoms with Crippen molar-refractivity contribution < 1.29 is 0 Å². The van der Waals surface area contributed by atoms with E-state index in [0.29, 0.717) is 0 Å². The molecule has 0 atom stereocenters. The van der Waals surface area contributed by atoms with Crippen molar-refractivity contribution in [2.24, 2.45) is 10.9 Å². The Labute approximate surface area is 165 Å². The SMILES string of the molecule is CCNC(=NCC1CC1)NCCCCN1CCN(Cc2ccccc2)CC1. The minimum Gasteiger partial charge on any atom is -0.357 e. The van der Waals surface area contributed by atoms with Crippen LogP contribution in [0.15, 0.2) is 35.3 Å². The van der Waals surface area contributed by atoms with E-state index in [1.54, 1.807) is 0 Å². The maximum absolute atomic E-state index is 4.68. The second-order valence-corrected chi connectivity index (χ2v) is 7.90. The molecule has 150 valence electrons. The number of guanidine groups is 1. The van der Waals surface area contributed by atoms with Crippen LogP contribution in [0.5, 0.6) is 0 Å². The van der Waals surface area contributed by atoms with E-state index < -0.39 is 0 Å². The molecule has 1 saturated carbocycles. The summed E-state index contributed by atoms with van der Waals surface area (Å²) in [6.07, 6.45) is 5.19. The molecule has 0 radical (unpaired) electrons. The zero-order chi connectivity index (χ0) is 18.7. The van der Waals surface area contributed by atoms with Crippen LogP contribution in [-0.2, 0) is 6.54 Å². The lowest BCUT2D eigenvalue weighted by atomic mass is 10.2. The molecule has 1 aliphatic carbocycles. The van der Waals surface area contributed by atoms with Gasteiger partial charge in [-0.1, -0.05) is 30.3 Å². The van der Waals surface area contributed by atoms with E-state index >= 15 is 0 Å². The van der Waals surface area contributed by atoms with E-state index in [-0.39, 0.29) is 0 Å². The Hall–Kier alpha value is -1.59. The monoisotopic (exact) mass is 371 g/mol. The first-order valence-corrected chi connectivity index (χ1v) is 10.8. The zero-order valence-corrected chi connectivity index (χ0v) is 17.0. The Balaban J connectivity index is 1.24. The van der Waals surface area contributed by atoms with Gasteiger partial charge in [0, 0.05) is 52.4 Å². The third-order valence-electron chi connectivity index (χ3n) is 5.46. The average Bonchev–Trinajstić information content (AvgIpc) is 3.52. The van der Waals surface area contributed by atoms with Crippen LogP contribution in [0.1, 0.15) is 38.2 Å². The molecule has 27 heavy (non-hydrogen) atoms. The van der Waals surface area contributed by atoms with E-state index in [4.69, 9.17) is 0 Å². The fourth-order valence-electron chi connectivity index (χ4n) is 3.54. The number of benzene rings is 1. The van der Waals surface area contributed by atoms with Gasteiger partial charge in [0.15, 0.2) is 5.96 Å². The lowest BCUT2D eigenvalue weighted by Gasteiger charge is -2.34. The number of unbranched alkanes of at least 4 members (excludes halogenated alkanes) is 1. The van der Waals surface area contributed by atoms with Crippen molar-refractivity contribution in [3.05, 3.63) is 35.9 Å². The van der Waals surface area contributed by atoms with Crippen molar-refractivity contribution in [2.75, 3.05) is 52.4 Å². The molecule has 0 aromatic heterocycles. The highest BCUT2D eigenvalue weighted by Crippen LogP contribution is 2.28. The number of piperazine rings is 1. The van der Waals surface area contributed by atoms with E-state index in [1.807, 2.05) is 0 Å². The van der Waals surface area contributed by atoms with Crippen LogP contribution in [0, 0.1) is 5.92 Å². The average molecular weight is 372 g/mol. The lowest BCUT2D eigenvalue weighted by molar-refractivity contribution is 0.126. The van der Waals surface area contributed by atoms with Crippen LogP contribution in [-0.4, -0.2) is 68.1 Å². The van der Waals surface area contributed by atoms with Gasteiger partial charge in [-0.2, -0.15) is 0 Å². The molecule has 2 fully saturated rings. The smallest absolute Gasteiger partial charge is 0.191 e. The normalized spacial score (nSPS) is 19.2. The van der Waals surface area contributed by atoms with Crippen molar-refractivity contribution in [2.45, 2.75) is 39.2 Å². The second kappa shape index (κ2) is 11.3. The molecule has 2 aliphatic rings. The molecule has 1 aliphatic heterocycles. The molecule has 0 bridgehead atoms. The number of nitrogens with one attached hydrogen (secondary N) is 2. The molecule has 1 saturated heterocycles. The van der Waals surface area contributed by atoms with E-state index in [1.165, 1.54) is 64.0 Å². The van der Waals surface area contributed by atoms with Crippen LogP contribution >= 0.6 is 0 Å². The molecule has 1 heterocycles. The van der Waals surface area contributed by atoms with Gasteiger partial charge in [-0.25, -0.2) is 0 Å². The molecule has 1 aromatic carbocycles. The number of rotatable bonds is 10. The Morgan fingerprint density at radius 3 is 2.44 bits per heavy atom. The Morgan fingerprint density at radius 2 is 1.74 bits per heavy atom. The lowest BCUT2D eigenvalue weighted by Crippen LogP contribution is -2.46. The molecular weight excluding hydrogens is 334 g/mol. The maximum atomic E-state index is 4.68. The topological polar surface area (TPSA) is 42.9 Å². The molecule has 0 spiro atoms. The van der Waals surface area contributed by atoms with Crippen molar-refractivity contribution >= 4 is 5.96 Å². The van der Waals surface area contributed by atoms with Crippen molar-refractivity contribution in [3.8, 4) is 0 Å². The fourth-order valence-corrected chi connectivity index (χ4v) is 3.54. The largest absolute Gasteiger partial charge is 0.357 e. The molecule has 0 amide bonds. The minimum atomic E-state index is 0.848. The van der Waals surface area contributed by atoms with Gasteiger partial charge >= 0.3 is 0 Å². The highest BCUT2D eigenvalue weighted by molar-refractivity contribution is 5.79. The highest BCUT2D eigenvalue weighted by atomic mass is 15.3. The van der Waals surface area contributed by atoms with Gasteiger partial charge in [-0.15, -0.1) is 0 Å². The summed E-state index contributed by atoms with van der Waals surface area (Å²) in [5.74, 6) is 1.85. The molecule has 5 heteroatoms. The van der Waals surface area contributed by atoms with Gasteiger partial charge in [0.25, 0.3) is 0 Å². The molecule has 0 unspecified atom stereocenters. The van der Waals surface area contributed by atoms with Crippen LogP contribution in [0.3, 0.4) is 0 Å². The fraction of sp³-hybridized carbons (Fsp3) is 0.682. The molecule has 2 N–H and O–H groups in total. The summed E-state index contributed by atoms with van der Waals surface area (Å²) in [6.45, 7) is 12.2. The summed E-state index contributed by atoms with van der Waals surface area (Å²) < 4.78 is 0. The Kier molecular flexibility index (Phi) is 8.43. The van der Waals surface area contributed by atoms with Crippen molar-refractivity contribution in [1.29, 1.82) is 0 Å². The summed E-state index contributed by atoms with van der Waals surface area (Å²) in [6, 6.07) is 10.8. The van der Waals surface area contributed by atoms with Crippen LogP contribution < -0.4 is 10.6 Å². The van der Waals surface area contributed by atoms with E-state index in [2.05, 4.69) is 62.7 Å². The van der Waals surface area contributed by atoms with Gasteiger partial charge in [-0.05, 0) is 50.6 Å². The van der Waals surface area contributed by atoms with Crippen LogP contribution in [0.25, 0.3) is 0 Å². The van der Waals surface area contributed by atoms with E-state index in [9.17, 15) is 0 Å². The number of hydrogen-bond donors (Lipinski definition) is 2. The van der Waals surface area contributed by atoms with Gasteiger partial charge in [0.2, 0.25) is 0 Å². The number of aliphatic imine (C=N–C) groups is 1. The van der Waals surface area contributed by atoms with Crippen LogP contribution in [0.4, 0.5) is 0 Å². The Morgan fingerprint density at radius 1 is 1.00 bits per heavy atom. The standard InChI is InChI=1S/C22H37N5/c1-2-23-22(25-18-20-10-11-20)24-12-6-7-13-26-14-16-27(17-15-26)19-21-8-4-3-5-9-21/h3-5,8-9,20H,2,6-7,10-19H2,1H3,(H2,23,24,25). The third-order valence-corrected chi connectivity index (χ3v) is 5.46. The van der Waals surface area contributed by atoms with E-state index in [0.717, 1.165) is 38.1 Å². The summed E-state index contributed by atoms with van der Waals surface area (Å²) >= 11 is 0. The van der Waals surface area contributed by atoms with Gasteiger partial charge in [-0.3, -0.25) is 9.89 Å². The quantitative estimate of drug-likeness (QED) is 0.377. The second-order valence-electron chi connectivity index (χ2n) is 7.90. The van der Waals surface area contributed by atoms with Crippen LogP contribution in [0.2, 0.25) is 0 Å². The minimum absolute atomic E-state index is 0.848. The Bertz CT molecular complexity index is 547. The van der Waals surface area contributed by atoms with Gasteiger partial charge < -0.3 is 15.5 Å².